The summed E-state index contributed by atoms with van der Waals surface area (Å²) in [6.07, 6.45) is 0. The molecule has 0 aliphatic rings. The molecule has 10 aromatic rings. The molecule has 10 rings (SSSR count). The third-order valence-corrected chi connectivity index (χ3v) is 9.34. The first-order valence-electron chi connectivity index (χ1n) is 16.6. The zero-order chi connectivity index (χ0) is 33.0. The highest BCUT2D eigenvalue weighted by atomic mass is 16.3. The van der Waals surface area contributed by atoms with Crippen LogP contribution < -0.4 is 0 Å². The topological polar surface area (TPSA) is 65.0 Å². The van der Waals surface area contributed by atoms with Gasteiger partial charge in [-0.15, -0.1) is 0 Å². The molecule has 0 spiro atoms. The third-order valence-electron chi connectivity index (χ3n) is 9.34. The zero-order valence-corrected chi connectivity index (χ0v) is 26.7. The molecule has 0 saturated carbocycles. The second-order valence-electron chi connectivity index (χ2n) is 12.4. The van der Waals surface area contributed by atoms with E-state index in [4.69, 9.17) is 23.8 Å². The quantitative estimate of drug-likeness (QED) is 0.187. The highest BCUT2D eigenvalue weighted by Crippen LogP contribution is 2.39. The van der Waals surface area contributed by atoms with E-state index in [9.17, 15) is 0 Å². The molecule has 0 aliphatic carbocycles. The van der Waals surface area contributed by atoms with Crippen LogP contribution in [0.3, 0.4) is 0 Å². The number of furan rings is 2. The average molecular weight is 642 g/mol. The number of rotatable bonds is 5. The van der Waals surface area contributed by atoms with Crippen molar-refractivity contribution in [3.63, 3.8) is 0 Å². The van der Waals surface area contributed by atoms with Gasteiger partial charge in [-0.25, -0.2) is 15.0 Å². The molecule has 0 fully saturated rings. The molecule has 5 heteroatoms. The van der Waals surface area contributed by atoms with Crippen molar-refractivity contribution >= 4 is 43.9 Å². The van der Waals surface area contributed by atoms with Crippen LogP contribution in [0.25, 0.3) is 100 Å². The van der Waals surface area contributed by atoms with E-state index >= 15 is 0 Å². The molecule has 0 radical (unpaired) electrons. The second-order valence-corrected chi connectivity index (χ2v) is 12.4. The number of benzene rings is 7. The highest BCUT2D eigenvalue weighted by Gasteiger charge is 2.19. The van der Waals surface area contributed by atoms with Gasteiger partial charge in [-0.2, -0.15) is 0 Å². The molecular weight excluding hydrogens is 615 g/mol. The lowest BCUT2D eigenvalue weighted by Crippen LogP contribution is -2.00. The van der Waals surface area contributed by atoms with Gasteiger partial charge >= 0.3 is 0 Å². The lowest BCUT2D eigenvalue weighted by Gasteiger charge is -2.10. The van der Waals surface area contributed by atoms with Crippen LogP contribution in [0, 0.1) is 0 Å². The van der Waals surface area contributed by atoms with Gasteiger partial charge in [0.15, 0.2) is 17.5 Å². The number of hydrogen-bond donors (Lipinski definition) is 0. The summed E-state index contributed by atoms with van der Waals surface area (Å²) in [4.78, 5) is 15.5. The maximum Gasteiger partial charge on any atom is 0.164 e. The fourth-order valence-electron chi connectivity index (χ4n) is 6.91. The van der Waals surface area contributed by atoms with Gasteiger partial charge in [0, 0.05) is 38.2 Å². The molecule has 7 aromatic carbocycles. The SMILES string of the molecule is c1ccc(-c2cccc(-c3nc(-c4ccc5oc6ccccc6c5c4)nc(-c4cccc5oc6ccc(-c7ccccc7)cc6c45)n3)c2)cc1. The minimum Gasteiger partial charge on any atom is -0.456 e. The fourth-order valence-corrected chi connectivity index (χ4v) is 6.91. The first-order valence-corrected chi connectivity index (χ1v) is 16.6. The molecule has 0 atom stereocenters. The Morgan fingerprint density at radius 2 is 0.800 bits per heavy atom. The predicted octanol–water partition coefficient (Wildman–Crippen LogP) is 12.0. The largest absolute Gasteiger partial charge is 0.456 e. The summed E-state index contributed by atoms with van der Waals surface area (Å²) in [7, 11) is 0. The Kier molecular flexibility index (Phi) is 6.42. The van der Waals surface area contributed by atoms with Gasteiger partial charge in [-0.05, 0) is 70.8 Å². The Labute approximate surface area is 287 Å². The van der Waals surface area contributed by atoms with E-state index in [1.54, 1.807) is 0 Å². The van der Waals surface area contributed by atoms with Crippen LogP contribution in [0.4, 0.5) is 0 Å². The van der Waals surface area contributed by atoms with E-state index in [0.29, 0.717) is 17.5 Å². The van der Waals surface area contributed by atoms with Crippen molar-refractivity contribution in [2.24, 2.45) is 0 Å². The van der Waals surface area contributed by atoms with Gasteiger partial charge in [0.1, 0.15) is 22.3 Å². The maximum absolute atomic E-state index is 6.40. The van der Waals surface area contributed by atoms with Crippen molar-refractivity contribution in [1.82, 2.24) is 15.0 Å². The molecule has 0 aliphatic heterocycles. The molecule has 5 nitrogen and oxygen atoms in total. The van der Waals surface area contributed by atoms with Crippen molar-refractivity contribution in [3.8, 4) is 56.4 Å². The highest BCUT2D eigenvalue weighted by molar-refractivity contribution is 6.13. The molecule has 0 bridgehead atoms. The minimum absolute atomic E-state index is 0.575. The maximum atomic E-state index is 6.40. The van der Waals surface area contributed by atoms with Gasteiger partial charge in [-0.1, -0.05) is 115 Å². The predicted molar refractivity (Wildman–Crippen MR) is 202 cm³/mol. The molecule has 3 aromatic heterocycles. The third kappa shape index (κ3) is 4.75. The molecule has 234 valence electrons. The van der Waals surface area contributed by atoms with Gasteiger partial charge in [0.2, 0.25) is 0 Å². The minimum atomic E-state index is 0.575. The van der Waals surface area contributed by atoms with Crippen LogP contribution in [-0.2, 0) is 0 Å². The van der Waals surface area contributed by atoms with Crippen LogP contribution in [0.2, 0.25) is 0 Å². The molecule has 0 N–H and O–H groups in total. The molecule has 50 heavy (non-hydrogen) atoms. The summed E-state index contributed by atoms with van der Waals surface area (Å²) in [5.41, 5.74) is 10.4. The van der Waals surface area contributed by atoms with Crippen LogP contribution in [0.1, 0.15) is 0 Å². The number of para-hydroxylation sites is 1. The number of nitrogens with zero attached hydrogens (tertiary/aromatic N) is 3. The Morgan fingerprint density at radius 1 is 0.300 bits per heavy atom. The second kappa shape index (κ2) is 11.4. The smallest absolute Gasteiger partial charge is 0.164 e. The van der Waals surface area contributed by atoms with Crippen LogP contribution in [-0.4, -0.2) is 15.0 Å². The molecule has 0 saturated heterocycles. The van der Waals surface area contributed by atoms with E-state index in [0.717, 1.165) is 82.8 Å². The summed E-state index contributed by atoms with van der Waals surface area (Å²) >= 11 is 0. The zero-order valence-electron chi connectivity index (χ0n) is 26.7. The molecular formula is C45H27N3O2. The number of aromatic nitrogens is 3. The van der Waals surface area contributed by atoms with Crippen LogP contribution in [0.15, 0.2) is 173 Å². The summed E-state index contributed by atoms with van der Waals surface area (Å²) in [6.45, 7) is 0. The average Bonchev–Trinajstić information content (AvgIpc) is 3.76. The van der Waals surface area contributed by atoms with Gasteiger partial charge in [-0.3, -0.25) is 0 Å². The monoisotopic (exact) mass is 641 g/mol. The fraction of sp³-hybridized carbons (Fsp3) is 0. The normalized spacial score (nSPS) is 11.6. The van der Waals surface area contributed by atoms with Crippen molar-refractivity contribution in [2.45, 2.75) is 0 Å². The van der Waals surface area contributed by atoms with E-state index in [1.807, 2.05) is 60.7 Å². The van der Waals surface area contributed by atoms with Crippen molar-refractivity contribution in [3.05, 3.63) is 164 Å². The molecule has 3 heterocycles. The number of fused-ring (bicyclic) bond motifs is 6. The molecule has 0 unspecified atom stereocenters. The van der Waals surface area contributed by atoms with E-state index in [2.05, 4.69) is 103 Å². The van der Waals surface area contributed by atoms with Gasteiger partial charge in [0.25, 0.3) is 0 Å². The van der Waals surface area contributed by atoms with Crippen molar-refractivity contribution < 1.29 is 8.83 Å². The lowest BCUT2D eigenvalue weighted by atomic mass is 10.0. The summed E-state index contributed by atoms with van der Waals surface area (Å²) in [5, 5.41) is 4.05. The lowest BCUT2D eigenvalue weighted by molar-refractivity contribution is 0.668. The summed E-state index contributed by atoms with van der Waals surface area (Å²) in [5.74, 6) is 1.75. The Balaban J connectivity index is 1.21. The summed E-state index contributed by atoms with van der Waals surface area (Å²) < 4.78 is 12.5. The Morgan fingerprint density at radius 3 is 1.58 bits per heavy atom. The van der Waals surface area contributed by atoms with Gasteiger partial charge < -0.3 is 8.83 Å². The van der Waals surface area contributed by atoms with E-state index in [1.165, 1.54) is 0 Å². The Bertz CT molecular complexity index is 2870. The number of hydrogen-bond acceptors (Lipinski definition) is 5. The van der Waals surface area contributed by atoms with Gasteiger partial charge in [0.05, 0.1) is 0 Å². The van der Waals surface area contributed by atoms with Crippen molar-refractivity contribution in [1.29, 1.82) is 0 Å². The van der Waals surface area contributed by atoms with E-state index < -0.39 is 0 Å². The first kappa shape index (κ1) is 28.2. The first-order chi connectivity index (χ1) is 24.7. The van der Waals surface area contributed by atoms with Crippen molar-refractivity contribution in [2.75, 3.05) is 0 Å². The molecule has 0 amide bonds. The Hall–Kier alpha value is -6.85. The van der Waals surface area contributed by atoms with Crippen LogP contribution >= 0.6 is 0 Å². The van der Waals surface area contributed by atoms with Crippen LogP contribution in [0.5, 0.6) is 0 Å². The summed E-state index contributed by atoms with van der Waals surface area (Å²) in [6, 6.07) is 55.8. The van der Waals surface area contributed by atoms with E-state index in [-0.39, 0.29) is 0 Å². The standard InChI is InChI=1S/C45H27N3O2/c1-3-11-28(12-4-1)30-15-9-16-32(25-30)43-46-44(33-22-24-39-36(27-33)34-17-7-8-19-38(34)49-39)48-45(47-43)35-18-10-20-41-42(35)37-26-31(21-23-40(37)50-41)29-13-5-2-6-14-29/h1-27H.